The number of anilines is 1. The number of aryl methyl sites for hydroxylation is 1. The summed E-state index contributed by atoms with van der Waals surface area (Å²) in [6.45, 7) is 9.91. The number of halogens is 1. The highest BCUT2D eigenvalue weighted by molar-refractivity contribution is 9.10. The molecule has 2 fully saturated rings. The Kier molecular flexibility index (Phi) is 5.44. The van der Waals surface area contributed by atoms with Gasteiger partial charge in [0.2, 0.25) is 5.95 Å². The van der Waals surface area contributed by atoms with E-state index >= 15 is 0 Å². The van der Waals surface area contributed by atoms with Crippen LogP contribution in [-0.4, -0.2) is 42.8 Å². The van der Waals surface area contributed by atoms with Gasteiger partial charge in [0.05, 0.1) is 16.2 Å². The molecule has 1 spiro atoms. The first-order valence-electron chi connectivity index (χ1n) is 10.1. The minimum Gasteiger partial charge on any atom is -0.598 e. The maximum Gasteiger partial charge on any atom is 0.211 e. The first kappa shape index (κ1) is 20.4. The van der Waals surface area contributed by atoms with E-state index in [1.165, 1.54) is 25.7 Å². The van der Waals surface area contributed by atoms with E-state index < -0.39 is 11.4 Å². The van der Waals surface area contributed by atoms with Gasteiger partial charge in [-0.05, 0) is 68.3 Å². The van der Waals surface area contributed by atoms with Crippen LogP contribution in [0.3, 0.4) is 0 Å². The number of hydrogen-bond donors (Lipinski definition) is 1. The van der Waals surface area contributed by atoms with Gasteiger partial charge in [0, 0.05) is 36.8 Å². The third-order valence-electron chi connectivity index (χ3n) is 6.35. The van der Waals surface area contributed by atoms with E-state index in [4.69, 9.17) is 4.98 Å². The maximum absolute atomic E-state index is 12.9. The molecule has 8 heteroatoms. The van der Waals surface area contributed by atoms with Crippen LogP contribution in [0.2, 0.25) is 0 Å². The van der Waals surface area contributed by atoms with Crippen LogP contribution in [0, 0.1) is 12.3 Å². The van der Waals surface area contributed by atoms with E-state index in [1.54, 1.807) is 0 Å². The predicted octanol–water partition coefficient (Wildman–Crippen LogP) is 3.99. The molecule has 4 rings (SSSR count). The van der Waals surface area contributed by atoms with Crippen molar-refractivity contribution >= 4 is 38.9 Å². The van der Waals surface area contributed by atoms with Gasteiger partial charge >= 0.3 is 0 Å². The zero-order valence-corrected chi connectivity index (χ0v) is 19.6. The summed E-state index contributed by atoms with van der Waals surface area (Å²) in [6.07, 6.45) is 9.91. The molecule has 2 aromatic rings. The molecule has 2 aliphatic rings. The molecule has 1 unspecified atom stereocenters. The van der Waals surface area contributed by atoms with Crippen molar-refractivity contribution in [3.63, 3.8) is 0 Å². The fraction of sp³-hybridized carbons (Fsp3) is 0.700. The Morgan fingerprint density at radius 3 is 2.68 bits per heavy atom. The van der Waals surface area contributed by atoms with Crippen LogP contribution in [0.15, 0.2) is 16.9 Å². The monoisotopic (exact) mass is 467 g/mol. The van der Waals surface area contributed by atoms with E-state index in [-0.39, 0.29) is 16.2 Å². The van der Waals surface area contributed by atoms with Crippen molar-refractivity contribution in [2.75, 3.05) is 18.0 Å². The van der Waals surface area contributed by atoms with E-state index in [0.29, 0.717) is 0 Å². The molecule has 0 amide bonds. The predicted molar refractivity (Wildman–Crippen MR) is 118 cm³/mol. The number of nitrogens with zero attached hydrogens (tertiary/aromatic N) is 4. The molecule has 1 saturated heterocycles. The van der Waals surface area contributed by atoms with Crippen molar-refractivity contribution in [2.24, 2.45) is 5.41 Å². The van der Waals surface area contributed by atoms with Crippen LogP contribution < -0.4 is 9.62 Å². The summed E-state index contributed by atoms with van der Waals surface area (Å²) in [5.74, 6) is 0.925. The minimum absolute atomic E-state index is 0.202. The SMILES string of the molecule is Cc1nc(N2CCC3(CCCC3)C(N[S@+]([O-])C(C)(C)C)C2)n2ccnc2c1Br. The summed E-state index contributed by atoms with van der Waals surface area (Å²) in [6, 6.07) is 0.202. The van der Waals surface area contributed by atoms with Crippen molar-refractivity contribution in [3.8, 4) is 0 Å². The number of nitrogens with one attached hydrogen (secondary N) is 1. The second-order valence-electron chi connectivity index (χ2n) is 9.25. The lowest BCUT2D eigenvalue weighted by molar-refractivity contribution is 0.174. The zero-order valence-electron chi connectivity index (χ0n) is 17.2. The summed E-state index contributed by atoms with van der Waals surface area (Å²) in [5, 5.41) is 0. The van der Waals surface area contributed by atoms with Crippen molar-refractivity contribution in [2.45, 2.75) is 70.6 Å². The molecule has 1 N–H and O–H groups in total. The van der Waals surface area contributed by atoms with Crippen molar-refractivity contribution in [3.05, 3.63) is 22.6 Å². The molecular weight excluding hydrogens is 438 g/mol. The van der Waals surface area contributed by atoms with Crippen molar-refractivity contribution in [1.29, 1.82) is 0 Å². The van der Waals surface area contributed by atoms with E-state index in [9.17, 15) is 4.55 Å². The average molecular weight is 468 g/mol. The minimum atomic E-state index is -1.08. The number of hydrogen-bond acceptors (Lipinski definition) is 5. The molecule has 0 aromatic carbocycles. The molecule has 3 heterocycles. The highest BCUT2D eigenvalue weighted by Gasteiger charge is 2.48. The third kappa shape index (κ3) is 3.57. The molecule has 28 heavy (non-hydrogen) atoms. The van der Waals surface area contributed by atoms with Crippen LogP contribution in [0.1, 0.15) is 58.6 Å². The number of aromatic nitrogens is 3. The van der Waals surface area contributed by atoms with Gasteiger partial charge in [0.25, 0.3) is 0 Å². The highest BCUT2D eigenvalue weighted by Crippen LogP contribution is 2.47. The normalized spacial score (nSPS) is 23.6. The Hall–Kier alpha value is -0.830. The van der Waals surface area contributed by atoms with Gasteiger partial charge in [-0.15, -0.1) is 4.72 Å². The average Bonchev–Trinajstić information content (AvgIpc) is 3.30. The zero-order chi connectivity index (χ0) is 20.1. The van der Waals surface area contributed by atoms with Gasteiger partial charge in [0.1, 0.15) is 4.75 Å². The number of piperidine rings is 1. The molecule has 0 bridgehead atoms. The van der Waals surface area contributed by atoms with E-state index in [2.05, 4.69) is 34.9 Å². The lowest BCUT2D eigenvalue weighted by Gasteiger charge is -2.46. The summed E-state index contributed by atoms with van der Waals surface area (Å²) in [5.41, 5.74) is 2.10. The Balaban J connectivity index is 1.66. The quantitative estimate of drug-likeness (QED) is 0.690. The lowest BCUT2D eigenvalue weighted by Crippen LogP contribution is -2.60. The van der Waals surface area contributed by atoms with Crippen molar-refractivity contribution < 1.29 is 4.55 Å². The summed E-state index contributed by atoms with van der Waals surface area (Å²) in [4.78, 5) is 11.7. The summed E-state index contributed by atoms with van der Waals surface area (Å²) >= 11 is 2.54. The highest BCUT2D eigenvalue weighted by atomic mass is 79.9. The van der Waals surface area contributed by atoms with Gasteiger partial charge < -0.3 is 9.45 Å². The van der Waals surface area contributed by atoms with E-state index in [0.717, 1.165) is 41.3 Å². The van der Waals surface area contributed by atoms with Gasteiger partial charge in [-0.2, -0.15) is 0 Å². The smallest absolute Gasteiger partial charge is 0.211 e. The van der Waals surface area contributed by atoms with Gasteiger partial charge in [-0.25, -0.2) is 9.97 Å². The van der Waals surface area contributed by atoms with Crippen molar-refractivity contribution in [1.82, 2.24) is 19.1 Å². The Morgan fingerprint density at radius 2 is 2.00 bits per heavy atom. The molecule has 2 atom stereocenters. The number of fused-ring (bicyclic) bond motifs is 1. The van der Waals surface area contributed by atoms with Crippen LogP contribution >= 0.6 is 15.9 Å². The maximum atomic E-state index is 12.9. The first-order valence-corrected chi connectivity index (χ1v) is 12.1. The second-order valence-corrected chi connectivity index (χ2v) is 12.0. The summed E-state index contributed by atoms with van der Waals surface area (Å²) < 4.78 is 19.2. The number of imidazole rings is 1. The van der Waals surface area contributed by atoms with Gasteiger partial charge in [-0.1, -0.05) is 12.8 Å². The second kappa shape index (κ2) is 7.45. The molecule has 2 aromatic heterocycles. The molecule has 6 nitrogen and oxygen atoms in total. The van der Waals surface area contributed by atoms with Crippen LogP contribution in [0.4, 0.5) is 5.95 Å². The van der Waals surface area contributed by atoms with Gasteiger partial charge in [0.15, 0.2) is 5.65 Å². The first-order chi connectivity index (χ1) is 13.2. The molecule has 0 radical (unpaired) electrons. The Labute approximate surface area is 178 Å². The Bertz CT molecular complexity index is 858. The van der Waals surface area contributed by atoms with Gasteiger partial charge in [-0.3, -0.25) is 4.40 Å². The molecule has 1 aliphatic carbocycles. The topological polar surface area (TPSA) is 68.5 Å². The fourth-order valence-electron chi connectivity index (χ4n) is 4.63. The lowest BCUT2D eigenvalue weighted by atomic mass is 9.73. The molecule has 1 aliphatic heterocycles. The molecule has 154 valence electrons. The van der Waals surface area contributed by atoms with Crippen LogP contribution in [0.5, 0.6) is 0 Å². The fourth-order valence-corrected chi connectivity index (χ4v) is 5.95. The Morgan fingerprint density at radius 1 is 1.29 bits per heavy atom. The molecular formula is C20H30BrN5OS. The van der Waals surface area contributed by atoms with E-state index in [1.807, 2.05) is 40.1 Å². The standard InChI is InChI=1S/C20H30BrN5OS/c1-14-16(21)17-22-10-12-26(17)18(23-14)25-11-9-20(7-5-6-8-20)15(13-25)24-28(27)19(2,3)4/h10,12,15,24H,5-9,11,13H2,1-4H3/t15?,28-/m1/s1. The largest absolute Gasteiger partial charge is 0.598 e. The number of rotatable bonds is 3. The molecule has 1 saturated carbocycles. The van der Waals surface area contributed by atoms with Crippen LogP contribution in [0.25, 0.3) is 5.65 Å². The third-order valence-corrected chi connectivity index (χ3v) is 8.89. The van der Waals surface area contributed by atoms with Crippen LogP contribution in [-0.2, 0) is 11.4 Å². The summed E-state index contributed by atoms with van der Waals surface area (Å²) in [7, 11) is 0.